The summed E-state index contributed by atoms with van der Waals surface area (Å²) in [5, 5.41) is 23.8. The number of aromatic nitrogens is 6. The Morgan fingerprint density at radius 3 is 2.55 bits per heavy atom. The van der Waals surface area contributed by atoms with Crippen molar-refractivity contribution in [3.05, 3.63) is 66.2 Å². The normalized spacial score (nSPS) is 14.2. The second kappa shape index (κ2) is 13.0. The lowest BCUT2D eigenvalue weighted by Gasteiger charge is -2.31. The topological polar surface area (TPSA) is 153 Å². The van der Waals surface area contributed by atoms with Crippen LogP contribution in [0.15, 0.2) is 55.1 Å². The molecule has 2 aromatic heterocycles. The second-order valence-corrected chi connectivity index (χ2v) is 9.85. The van der Waals surface area contributed by atoms with Gasteiger partial charge in [0.15, 0.2) is 0 Å². The molecule has 0 spiro atoms. The van der Waals surface area contributed by atoms with Crippen LogP contribution in [0.2, 0.25) is 0 Å². The van der Waals surface area contributed by atoms with Crippen molar-refractivity contribution in [3.8, 4) is 28.7 Å². The van der Waals surface area contributed by atoms with Crippen molar-refractivity contribution in [3.63, 3.8) is 0 Å². The highest BCUT2D eigenvalue weighted by atomic mass is 16.5. The van der Waals surface area contributed by atoms with Gasteiger partial charge in [0.2, 0.25) is 5.95 Å². The van der Waals surface area contributed by atoms with Crippen LogP contribution < -0.4 is 14.8 Å². The van der Waals surface area contributed by atoms with Gasteiger partial charge in [-0.05, 0) is 66.1 Å². The number of tetrazole rings is 1. The number of piperidine rings is 1. The van der Waals surface area contributed by atoms with E-state index in [1.807, 2.05) is 17.9 Å². The first-order chi connectivity index (χ1) is 20.5. The van der Waals surface area contributed by atoms with Gasteiger partial charge in [-0.3, -0.25) is 4.79 Å². The predicted octanol–water partition coefficient (Wildman–Crippen LogP) is 3.47. The van der Waals surface area contributed by atoms with Crippen molar-refractivity contribution >= 4 is 17.5 Å². The summed E-state index contributed by atoms with van der Waals surface area (Å²) in [6.07, 6.45) is 6.43. The van der Waals surface area contributed by atoms with Gasteiger partial charge in [-0.1, -0.05) is 6.07 Å². The number of nitrogens with zero attached hydrogens (tertiary/aromatic N) is 8. The van der Waals surface area contributed by atoms with Crippen molar-refractivity contribution < 1.29 is 19.0 Å². The molecule has 1 N–H and O–H groups in total. The van der Waals surface area contributed by atoms with Crippen molar-refractivity contribution in [2.24, 2.45) is 0 Å². The number of likely N-dealkylation sites (tertiary alicyclic amines) is 1. The summed E-state index contributed by atoms with van der Waals surface area (Å²) in [5.41, 5.74) is 3.13. The first kappa shape index (κ1) is 28.4. The predicted molar refractivity (Wildman–Crippen MR) is 152 cm³/mol. The largest absolute Gasteiger partial charge is 0.495 e. The molecule has 4 aromatic rings. The quantitative estimate of drug-likeness (QED) is 0.299. The Balaban J connectivity index is 1.27. The van der Waals surface area contributed by atoms with E-state index in [0.717, 1.165) is 24.0 Å². The Morgan fingerprint density at radius 1 is 1.10 bits per heavy atom. The number of methoxy groups -OCH3 is 2. The number of carbonyl (C=O) groups is 1. The second-order valence-electron chi connectivity index (χ2n) is 9.85. The van der Waals surface area contributed by atoms with E-state index >= 15 is 0 Å². The molecular formula is C29H31N9O4. The number of amides is 1. The van der Waals surface area contributed by atoms with E-state index in [1.165, 1.54) is 6.33 Å². The van der Waals surface area contributed by atoms with Crippen molar-refractivity contribution in [1.82, 2.24) is 35.1 Å². The van der Waals surface area contributed by atoms with Gasteiger partial charge in [0.05, 0.1) is 31.0 Å². The zero-order chi connectivity index (χ0) is 29.5. The number of benzene rings is 2. The molecule has 1 saturated heterocycles. The molecule has 1 atom stereocenters. The van der Waals surface area contributed by atoms with Gasteiger partial charge in [-0.2, -0.15) is 5.26 Å². The molecule has 1 amide bonds. The monoisotopic (exact) mass is 569 g/mol. The van der Waals surface area contributed by atoms with Gasteiger partial charge in [0.25, 0.3) is 5.91 Å². The summed E-state index contributed by atoms with van der Waals surface area (Å²) >= 11 is 0. The Labute approximate surface area is 243 Å². The third-order valence-corrected chi connectivity index (χ3v) is 7.01. The molecule has 2 aromatic carbocycles. The fraction of sp³-hybridized carbons (Fsp3) is 0.345. The Bertz CT molecular complexity index is 1550. The Kier molecular flexibility index (Phi) is 8.84. The van der Waals surface area contributed by atoms with E-state index in [-0.39, 0.29) is 18.1 Å². The fourth-order valence-corrected chi connectivity index (χ4v) is 4.74. The van der Waals surface area contributed by atoms with E-state index in [0.29, 0.717) is 53.9 Å². The molecular weight excluding hydrogens is 538 g/mol. The van der Waals surface area contributed by atoms with Crippen LogP contribution in [0.1, 0.15) is 35.7 Å². The molecule has 5 rings (SSSR count). The molecule has 13 nitrogen and oxygen atoms in total. The fourth-order valence-electron chi connectivity index (χ4n) is 4.74. The zero-order valence-corrected chi connectivity index (χ0v) is 23.6. The van der Waals surface area contributed by atoms with Crippen LogP contribution in [0.3, 0.4) is 0 Å². The zero-order valence-electron chi connectivity index (χ0n) is 23.6. The minimum Gasteiger partial charge on any atom is -0.495 e. The highest BCUT2D eigenvalue weighted by Gasteiger charge is 2.24. The maximum Gasteiger partial charge on any atom is 0.253 e. The van der Waals surface area contributed by atoms with Crippen LogP contribution in [0, 0.1) is 11.3 Å². The summed E-state index contributed by atoms with van der Waals surface area (Å²) in [4.78, 5) is 23.8. The van der Waals surface area contributed by atoms with E-state index in [1.54, 1.807) is 61.6 Å². The van der Waals surface area contributed by atoms with Crippen molar-refractivity contribution in [2.45, 2.75) is 38.5 Å². The number of rotatable bonds is 10. The molecule has 0 bridgehead atoms. The molecule has 216 valence electrons. The highest BCUT2D eigenvalue weighted by Crippen LogP contribution is 2.30. The number of hydrogen-bond donors (Lipinski definition) is 1. The lowest BCUT2D eigenvalue weighted by molar-refractivity contribution is 0.0350. The Hall–Kier alpha value is -5.09. The first-order valence-electron chi connectivity index (χ1n) is 13.5. The van der Waals surface area contributed by atoms with Crippen LogP contribution >= 0.6 is 0 Å². The molecule has 3 heterocycles. The van der Waals surface area contributed by atoms with Gasteiger partial charge in [0, 0.05) is 43.7 Å². The third kappa shape index (κ3) is 6.61. The molecule has 0 aliphatic carbocycles. The highest BCUT2D eigenvalue weighted by molar-refractivity contribution is 5.95. The van der Waals surface area contributed by atoms with E-state index < -0.39 is 0 Å². The summed E-state index contributed by atoms with van der Waals surface area (Å²) in [6.45, 7) is 3.62. The minimum absolute atomic E-state index is 0.0365. The lowest BCUT2D eigenvalue weighted by atomic mass is 10.1. The molecule has 1 unspecified atom stereocenters. The van der Waals surface area contributed by atoms with E-state index in [4.69, 9.17) is 14.2 Å². The number of anilines is 2. The lowest BCUT2D eigenvalue weighted by Crippen LogP contribution is -2.40. The van der Waals surface area contributed by atoms with Gasteiger partial charge < -0.3 is 24.4 Å². The van der Waals surface area contributed by atoms with Crippen LogP contribution in [0.5, 0.6) is 11.5 Å². The number of ether oxygens (including phenoxy) is 3. The summed E-state index contributed by atoms with van der Waals surface area (Å²) in [6, 6.07) is 12.7. The average Bonchev–Trinajstić information content (AvgIpc) is 3.54. The molecule has 1 fully saturated rings. The van der Waals surface area contributed by atoms with E-state index in [9.17, 15) is 10.1 Å². The minimum atomic E-state index is -0.279. The van der Waals surface area contributed by atoms with Crippen LogP contribution in [-0.4, -0.2) is 80.5 Å². The number of hydrogen-bond acceptors (Lipinski definition) is 11. The van der Waals surface area contributed by atoms with Crippen LogP contribution in [-0.2, 0) is 11.3 Å². The molecule has 1 aliphatic heterocycles. The number of nitriles is 1. The molecule has 42 heavy (non-hydrogen) atoms. The van der Waals surface area contributed by atoms with Gasteiger partial charge in [0.1, 0.15) is 30.0 Å². The Morgan fingerprint density at radius 2 is 1.88 bits per heavy atom. The van der Waals surface area contributed by atoms with Crippen LogP contribution in [0.4, 0.5) is 11.6 Å². The smallest absolute Gasteiger partial charge is 0.253 e. The van der Waals surface area contributed by atoms with Gasteiger partial charge >= 0.3 is 0 Å². The molecule has 1 aliphatic rings. The van der Waals surface area contributed by atoms with Crippen molar-refractivity contribution in [2.75, 3.05) is 32.6 Å². The van der Waals surface area contributed by atoms with E-state index in [2.05, 4.69) is 36.9 Å². The average molecular weight is 570 g/mol. The maximum absolute atomic E-state index is 13.0. The van der Waals surface area contributed by atoms with Gasteiger partial charge in [-0.25, -0.2) is 14.6 Å². The standard InChI is InChI=1S/C29H31N9O4/c1-19(17-38-18-33-35-36-38)42-26-12-20(4-5-22(26)14-30)23-15-31-29(32-16-23)34-25-7-6-21(13-27(25)41-3)28(39)37-10-8-24(40-2)9-11-37/h4-7,12-13,15-16,18-19,24H,8-11,17H2,1-3H3,(H,31,32,34). The van der Waals surface area contributed by atoms with Gasteiger partial charge in [-0.15, -0.1) is 5.10 Å². The third-order valence-electron chi connectivity index (χ3n) is 7.01. The molecule has 0 radical (unpaired) electrons. The summed E-state index contributed by atoms with van der Waals surface area (Å²) in [7, 11) is 3.26. The van der Waals surface area contributed by atoms with Crippen LogP contribution in [0.25, 0.3) is 11.1 Å². The molecule has 13 heteroatoms. The molecule has 0 saturated carbocycles. The first-order valence-corrected chi connectivity index (χ1v) is 13.5. The SMILES string of the molecule is COc1cc(C(=O)N2CCC(OC)CC2)ccc1Nc1ncc(-c2ccc(C#N)c(OC(C)Cn3cnnn3)c2)cn1. The number of carbonyl (C=O) groups excluding carboxylic acids is 1. The number of nitrogens with one attached hydrogen (secondary N) is 1. The van der Waals surface area contributed by atoms with Crippen molar-refractivity contribution in [1.29, 1.82) is 5.26 Å². The maximum atomic E-state index is 13.0. The summed E-state index contributed by atoms with van der Waals surface area (Å²) < 4.78 is 18.6. The summed E-state index contributed by atoms with van der Waals surface area (Å²) in [5.74, 6) is 1.27.